The third kappa shape index (κ3) is 4.35. The number of amides is 2. The van der Waals surface area contributed by atoms with Crippen molar-refractivity contribution < 1.29 is 18.4 Å². The average molecular weight is 318 g/mol. The van der Waals surface area contributed by atoms with Crippen LogP contribution < -0.4 is 5.32 Å². The molecule has 0 atom stereocenters. The molecule has 0 saturated carbocycles. The fourth-order valence-corrected chi connectivity index (χ4v) is 2.00. The van der Waals surface area contributed by atoms with Gasteiger partial charge in [0.15, 0.2) is 0 Å². The number of rotatable bonds is 5. The maximum Gasteiger partial charge on any atom is 0.254 e. The summed E-state index contributed by atoms with van der Waals surface area (Å²) in [4.78, 5) is 25.1. The molecule has 0 fully saturated rings. The Balaban J connectivity index is 1.91. The highest BCUT2D eigenvalue weighted by Gasteiger charge is 2.15. The van der Waals surface area contributed by atoms with Gasteiger partial charge in [-0.15, -0.1) is 0 Å². The predicted octanol–water partition coefficient (Wildman–Crippen LogP) is 2.35. The van der Waals surface area contributed by atoms with Gasteiger partial charge in [0.2, 0.25) is 5.91 Å². The number of hydrogen-bond donors (Lipinski definition) is 1. The molecule has 0 aliphatic heterocycles. The first-order valence-electron chi connectivity index (χ1n) is 6.99. The van der Waals surface area contributed by atoms with Crippen molar-refractivity contribution in [3.05, 3.63) is 71.3 Å². The minimum absolute atomic E-state index is 0.0844. The Hall–Kier alpha value is -2.76. The zero-order valence-electron chi connectivity index (χ0n) is 12.6. The summed E-state index contributed by atoms with van der Waals surface area (Å²) < 4.78 is 27.0. The van der Waals surface area contributed by atoms with E-state index in [1.165, 1.54) is 42.3 Å². The molecule has 1 N–H and O–H groups in total. The van der Waals surface area contributed by atoms with Crippen molar-refractivity contribution in [2.75, 3.05) is 13.6 Å². The number of likely N-dealkylation sites (N-methyl/N-ethyl adjacent to an activating group) is 1. The van der Waals surface area contributed by atoms with Crippen molar-refractivity contribution in [2.45, 2.75) is 6.54 Å². The lowest BCUT2D eigenvalue weighted by molar-refractivity contribution is -0.129. The normalized spacial score (nSPS) is 10.2. The van der Waals surface area contributed by atoms with Crippen molar-refractivity contribution in [1.29, 1.82) is 0 Å². The quantitative estimate of drug-likeness (QED) is 0.920. The van der Waals surface area contributed by atoms with E-state index >= 15 is 0 Å². The molecular formula is C17H16F2N2O2. The Kier molecular flexibility index (Phi) is 5.41. The maximum atomic E-state index is 13.5. The highest BCUT2D eigenvalue weighted by Crippen LogP contribution is 2.09. The van der Waals surface area contributed by atoms with Gasteiger partial charge >= 0.3 is 0 Å². The van der Waals surface area contributed by atoms with Gasteiger partial charge in [0.1, 0.15) is 11.6 Å². The van der Waals surface area contributed by atoms with Gasteiger partial charge in [-0.3, -0.25) is 9.59 Å². The van der Waals surface area contributed by atoms with Crippen LogP contribution in [0, 0.1) is 11.6 Å². The summed E-state index contributed by atoms with van der Waals surface area (Å²) in [5, 5.41) is 2.36. The van der Waals surface area contributed by atoms with Crippen LogP contribution in [-0.2, 0) is 11.3 Å². The van der Waals surface area contributed by atoms with Crippen molar-refractivity contribution in [1.82, 2.24) is 10.2 Å². The third-order valence-corrected chi connectivity index (χ3v) is 3.31. The largest absolute Gasteiger partial charge is 0.343 e. The smallest absolute Gasteiger partial charge is 0.254 e. The van der Waals surface area contributed by atoms with Gasteiger partial charge in [0, 0.05) is 19.2 Å². The van der Waals surface area contributed by atoms with Crippen LogP contribution in [0.15, 0.2) is 48.5 Å². The van der Waals surface area contributed by atoms with Crippen LogP contribution in [0.3, 0.4) is 0 Å². The van der Waals surface area contributed by atoms with Gasteiger partial charge in [-0.05, 0) is 18.2 Å². The lowest BCUT2D eigenvalue weighted by Crippen LogP contribution is -2.38. The number of hydrogen-bond acceptors (Lipinski definition) is 2. The van der Waals surface area contributed by atoms with E-state index in [0.29, 0.717) is 5.56 Å². The summed E-state index contributed by atoms with van der Waals surface area (Å²) in [6.45, 7) is -0.209. The fraction of sp³-hybridized carbons (Fsp3) is 0.176. The van der Waals surface area contributed by atoms with Crippen molar-refractivity contribution in [3.63, 3.8) is 0 Å². The van der Waals surface area contributed by atoms with E-state index in [9.17, 15) is 18.4 Å². The zero-order valence-corrected chi connectivity index (χ0v) is 12.6. The van der Waals surface area contributed by atoms with Gasteiger partial charge in [-0.25, -0.2) is 8.78 Å². The van der Waals surface area contributed by atoms with Crippen LogP contribution >= 0.6 is 0 Å². The van der Waals surface area contributed by atoms with Crippen LogP contribution in [0.2, 0.25) is 0 Å². The summed E-state index contributed by atoms with van der Waals surface area (Å²) in [7, 11) is 1.50. The van der Waals surface area contributed by atoms with Crippen molar-refractivity contribution >= 4 is 11.8 Å². The minimum Gasteiger partial charge on any atom is -0.343 e. The SMILES string of the molecule is CN(Cc1ccccc1F)C(=O)CNC(=O)c1ccccc1F. The molecule has 6 heteroatoms. The van der Waals surface area contributed by atoms with Crippen molar-refractivity contribution in [3.8, 4) is 0 Å². The Morgan fingerprint density at radius 3 is 2.26 bits per heavy atom. The van der Waals surface area contributed by atoms with Crippen LogP contribution in [-0.4, -0.2) is 30.3 Å². The van der Waals surface area contributed by atoms with E-state index in [4.69, 9.17) is 0 Å². The molecule has 2 aromatic rings. The number of carbonyl (C=O) groups excluding carboxylic acids is 2. The van der Waals surface area contributed by atoms with Gasteiger partial charge < -0.3 is 10.2 Å². The predicted molar refractivity (Wildman–Crippen MR) is 81.6 cm³/mol. The zero-order chi connectivity index (χ0) is 16.8. The second-order valence-corrected chi connectivity index (χ2v) is 5.00. The number of nitrogens with one attached hydrogen (secondary N) is 1. The van der Waals surface area contributed by atoms with Gasteiger partial charge in [0.25, 0.3) is 5.91 Å². The Morgan fingerprint density at radius 2 is 1.61 bits per heavy atom. The molecule has 0 aliphatic rings. The van der Waals surface area contributed by atoms with Gasteiger partial charge in [-0.1, -0.05) is 30.3 Å². The summed E-state index contributed by atoms with van der Waals surface area (Å²) in [5.41, 5.74) is 0.251. The Labute approximate surface area is 132 Å². The number of nitrogens with zero attached hydrogens (tertiary/aromatic N) is 1. The lowest BCUT2D eigenvalue weighted by atomic mass is 10.2. The lowest BCUT2D eigenvalue weighted by Gasteiger charge is -2.18. The topological polar surface area (TPSA) is 49.4 Å². The molecule has 0 spiro atoms. The molecule has 2 aromatic carbocycles. The summed E-state index contributed by atoms with van der Waals surface area (Å²) in [6, 6.07) is 11.6. The van der Waals surface area contributed by atoms with E-state index < -0.39 is 23.4 Å². The third-order valence-electron chi connectivity index (χ3n) is 3.31. The second kappa shape index (κ2) is 7.49. The molecule has 0 radical (unpaired) electrons. The molecule has 0 heterocycles. The summed E-state index contributed by atoms with van der Waals surface area (Å²) in [6.07, 6.45) is 0. The first-order chi connectivity index (χ1) is 11.0. The maximum absolute atomic E-state index is 13.5. The molecule has 0 aromatic heterocycles. The number of carbonyl (C=O) groups is 2. The molecular weight excluding hydrogens is 302 g/mol. The molecule has 0 aliphatic carbocycles. The highest BCUT2D eigenvalue weighted by atomic mass is 19.1. The first-order valence-corrected chi connectivity index (χ1v) is 6.99. The molecule has 120 valence electrons. The van der Waals surface area contributed by atoms with Crippen LogP contribution in [0.25, 0.3) is 0 Å². The molecule has 0 bridgehead atoms. The molecule has 2 amide bonds. The standard InChI is InChI=1S/C17H16F2N2O2/c1-21(11-12-6-2-4-8-14(12)18)16(22)10-20-17(23)13-7-3-5-9-15(13)19/h2-9H,10-11H2,1H3,(H,20,23). The monoisotopic (exact) mass is 318 g/mol. The van der Waals surface area contributed by atoms with Crippen LogP contribution in [0.5, 0.6) is 0 Å². The molecule has 4 nitrogen and oxygen atoms in total. The van der Waals surface area contributed by atoms with E-state index in [1.807, 2.05) is 0 Å². The van der Waals surface area contributed by atoms with Crippen molar-refractivity contribution in [2.24, 2.45) is 0 Å². The van der Waals surface area contributed by atoms with Crippen LogP contribution in [0.1, 0.15) is 15.9 Å². The highest BCUT2D eigenvalue weighted by molar-refractivity contribution is 5.96. The van der Waals surface area contributed by atoms with Crippen LogP contribution in [0.4, 0.5) is 8.78 Å². The summed E-state index contributed by atoms with van der Waals surface area (Å²) in [5.74, 6) is -2.13. The molecule has 23 heavy (non-hydrogen) atoms. The minimum atomic E-state index is -0.671. The van der Waals surface area contributed by atoms with Gasteiger partial charge in [0.05, 0.1) is 12.1 Å². The number of halogens is 2. The summed E-state index contributed by atoms with van der Waals surface area (Å²) >= 11 is 0. The van der Waals surface area contributed by atoms with E-state index in [2.05, 4.69) is 5.32 Å². The number of benzene rings is 2. The Bertz CT molecular complexity index is 719. The van der Waals surface area contributed by atoms with Gasteiger partial charge in [-0.2, -0.15) is 0 Å². The first kappa shape index (κ1) is 16.6. The Morgan fingerprint density at radius 1 is 1.00 bits per heavy atom. The second-order valence-electron chi connectivity index (χ2n) is 5.00. The fourth-order valence-electron chi connectivity index (χ4n) is 2.00. The molecule has 0 saturated heterocycles. The van der Waals surface area contributed by atoms with E-state index in [-0.39, 0.29) is 18.7 Å². The average Bonchev–Trinajstić information content (AvgIpc) is 2.54. The molecule has 2 rings (SSSR count). The van der Waals surface area contributed by atoms with E-state index in [1.54, 1.807) is 18.2 Å². The molecule has 0 unspecified atom stereocenters. The van der Waals surface area contributed by atoms with E-state index in [0.717, 1.165) is 0 Å².